The molecule has 1 aliphatic rings. The summed E-state index contributed by atoms with van der Waals surface area (Å²) in [7, 11) is -2.55. The molecule has 0 spiro atoms. The summed E-state index contributed by atoms with van der Waals surface area (Å²) < 4.78 is -0.0578. The van der Waals surface area contributed by atoms with Crippen molar-refractivity contribution < 1.29 is 57.7 Å². The molecule has 0 saturated heterocycles. The Morgan fingerprint density at radius 1 is 0.500 bits per heavy atom. The Balaban J connectivity index is 0.00000216. The second kappa shape index (κ2) is 12.2. The Labute approximate surface area is 249 Å². The van der Waals surface area contributed by atoms with E-state index in [1.807, 2.05) is 0 Å². The first-order chi connectivity index (χ1) is 15.5. The maximum atomic E-state index is 2.57. The first kappa shape index (κ1) is 33.0. The minimum absolute atomic E-state index is 0. The first-order valence-corrected chi connectivity index (χ1v) is 14.6. The molecule has 0 amide bonds. The van der Waals surface area contributed by atoms with E-state index in [0.717, 1.165) is 0 Å². The van der Waals surface area contributed by atoms with Gasteiger partial charge in [-0.1, -0.05) is 0 Å². The molecule has 0 N–H and O–H groups in total. The Morgan fingerprint density at radius 2 is 0.778 bits per heavy atom. The van der Waals surface area contributed by atoms with Crippen molar-refractivity contribution in [3.63, 3.8) is 0 Å². The smallest absolute Gasteiger partial charge is 1.00 e. The third-order valence-corrected chi connectivity index (χ3v) is 14.8. The molecule has 0 nitrogen and oxygen atoms in total. The maximum Gasteiger partial charge on any atom is -1.00 e. The number of hydrogen-bond acceptors (Lipinski definition) is 0. The summed E-state index contributed by atoms with van der Waals surface area (Å²) in [6.07, 6.45) is 4.98. The third-order valence-electron chi connectivity index (χ3n) is 7.07. The fourth-order valence-electron chi connectivity index (χ4n) is 6.11. The van der Waals surface area contributed by atoms with E-state index in [1.165, 1.54) is 60.1 Å². The molecule has 1 aliphatic carbocycles. The van der Waals surface area contributed by atoms with Crippen LogP contribution >= 0.6 is 0 Å². The van der Waals surface area contributed by atoms with Gasteiger partial charge in [0.2, 0.25) is 0 Å². The average molecular weight is 590 g/mol. The zero-order chi connectivity index (χ0) is 24.1. The number of benzene rings is 3. The summed E-state index contributed by atoms with van der Waals surface area (Å²) >= 11 is 2.51. The average Bonchev–Trinajstić information content (AvgIpc) is 2.92. The van der Waals surface area contributed by atoms with Gasteiger partial charge >= 0.3 is 214 Å². The Kier molecular flexibility index (Phi) is 11.2. The van der Waals surface area contributed by atoms with Crippen molar-refractivity contribution in [2.75, 3.05) is 0 Å². The van der Waals surface area contributed by atoms with E-state index in [1.54, 1.807) is 0 Å². The zero-order valence-corrected chi connectivity index (χ0v) is 27.3. The van der Waals surface area contributed by atoms with Gasteiger partial charge in [0.05, 0.1) is 0 Å². The number of halogens is 3. The van der Waals surface area contributed by atoms with Crippen LogP contribution in [0, 0.1) is 41.5 Å². The van der Waals surface area contributed by atoms with E-state index in [4.69, 9.17) is 0 Å². The van der Waals surface area contributed by atoms with Gasteiger partial charge in [-0.05, 0) is 0 Å². The molecule has 3 aromatic rings. The van der Waals surface area contributed by atoms with Crippen LogP contribution in [0.1, 0.15) is 47.2 Å². The van der Waals surface area contributed by atoms with Crippen LogP contribution in [-0.2, 0) is 20.4 Å². The van der Waals surface area contributed by atoms with Gasteiger partial charge in [-0.25, -0.2) is 0 Å². The normalized spacial score (nSPS) is 16.8. The number of aryl methyl sites for hydroxylation is 6. The van der Waals surface area contributed by atoms with Crippen LogP contribution in [0.25, 0.3) is 0 Å². The molecule has 36 heavy (non-hydrogen) atoms. The minimum Gasteiger partial charge on any atom is -1.00 e. The van der Waals surface area contributed by atoms with E-state index in [2.05, 4.69) is 143 Å². The van der Waals surface area contributed by atoms with Crippen LogP contribution in [0.3, 0.4) is 0 Å². The van der Waals surface area contributed by atoms with E-state index in [-0.39, 0.29) is 40.6 Å². The number of rotatable bonds is 4. The van der Waals surface area contributed by atoms with Gasteiger partial charge in [-0.3, -0.25) is 0 Å². The Hall–Kier alpha value is -1.06. The van der Waals surface area contributed by atoms with E-state index in [0.29, 0.717) is 0 Å². The Bertz CT molecular complexity index is 1140. The van der Waals surface area contributed by atoms with Crippen molar-refractivity contribution in [2.24, 2.45) is 0 Å². The van der Waals surface area contributed by atoms with Gasteiger partial charge in [-0.2, -0.15) is 0 Å². The van der Waals surface area contributed by atoms with Crippen molar-refractivity contribution in [2.45, 2.75) is 58.7 Å². The second-order valence-electron chi connectivity index (χ2n) is 10.4. The van der Waals surface area contributed by atoms with Crippen LogP contribution in [0.15, 0.2) is 77.9 Å². The number of allylic oxidation sites excluding steroid dienone is 4. The van der Waals surface area contributed by atoms with Crippen molar-refractivity contribution in [3.8, 4) is 0 Å². The molecule has 4 rings (SSSR count). The van der Waals surface area contributed by atoms with Crippen LogP contribution in [0.2, 0.25) is 3.34 Å². The van der Waals surface area contributed by atoms with Crippen molar-refractivity contribution >= 4 is 23.6 Å². The molecule has 0 aliphatic heterocycles. The van der Waals surface area contributed by atoms with Crippen molar-refractivity contribution in [1.82, 2.24) is 0 Å². The summed E-state index contributed by atoms with van der Waals surface area (Å²) in [4.78, 5) is 0. The molecule has 0 saturated carbocycles. The zero-order valence-electron chi connectivity index (χ0n) is 22.5. The summed E-state index contributed by atoms with van der Waals surface area (Å²) in [5.41, 5.74) is 10.9. The first-order valence-electron chi connectivity index (χ1n) is 11.9. The molecule has 5 heteroatoms. The van der Waals surface area contributed by atoms with Crippen molar-refractivity contribution in [1.29, 1.82) is 0 Å². The fourth-order valence-corrected chi connectivity index (χ4v) is 14.7. The molecule has 0 bridgehead atoms. The van der Waals surface area contributed by atoms with Gasteiger partial charge < -0.3 is 37.2 Å². The summed E-state index contributed by atoms with van der Waals surface area (Å²) in [5, 5.41) is 4.53. The van der Waals surface area contributed by atoms with Crippen LogP contribution in [-0.4, -0.2) is 8.07 Å². The standard InChI is InChI=1S/C31H35Si.3ClH.Ti/c1-20-9-21(2)14-28(13-20)32(31-19-26(7)12-27(31)8,29-15-22(3)10-23(4)16-29)30-17-24(5)11-25(6)18-30;;;;/h9-19H,1-8H3;3*1H;/q;;;;+3/p-3. The summed E-state index contributed by atoms with van der Waals surface area (Å²) in [6, 6.07) is 21.8. The van der Waals surface area contributed by atoms with Crippen LogP contribution in [0.5, 0.6) is 0 Å². The maximum absolute atomic E-state index is 2.57. The molecule has 3 aromatic carbocycles. The molecule has 0 fully saturated rings. The van der Waals surface area contributed by atoms with Crippen molar-refractivity contribution in [3.05, 3.63) is 111 Å². The molecule has 0 radical (unpaired) electrons. The number of hydrogen-bond donors (Lipinski definition) is 0. The Morgan fingerprint density at radius 3 is 1.00 bits per heavy atom. The second-order valence-corrected chi connectivity index (χ2v) is 16.4. The van der Waals surface area contributed by atoms with Gasteiger partial charge in [-0.15, -0.1) is 0 Å². The van der Waals surface area contributed by atoms with E-state index < -0.39 is 8.07 Å². The third kappa shape index (κ3) is 5.68. The molecular formula is C31H35Cl3SiTi. The molecule has 188 valence electrons. The van der Waals surface area contributed by atoms with E-state index in [9.17, 15) is 0 Å². The summed E-state index contributed by atoms with van der Waals surface area (Å²) in [6.45, 7) is 18.1. The van der Waals surface area contributed by atoms with Gasteiger partial charge in [0.1, 0.15) is 0 Å². The molecule has 0 aromatic heterocycles. The molecule has 0 heterocycles. The predicted molar refractivity (Wildman–Crippen MR) is 143 cm³/mol. The SMILES string of the molecule is CC1=C[C]([Ti+3])([Si](c2cc(C)cc(C)c2)(c2cc(C)cc(C)c2)c2cc(C)cc(C)c2)C(C)=C1.[Cl-].[Cl-].[Cl-]. The predicted octanol–water partition coefficient (Wildman–Crippen LogP) is -2.83. The quantitative estimate of drug-likeness (QED) is 0.228. The summed E-state index contributed by atoms with van der Waals surface area (Å²) in [5.74, 6) is 0. The molecular weight excluding hydrogens is 555 g/mol. The van der Waals surface area contributed by atoms with Gasteiger partial charge in [0.25, 0.3) is 0 Å². The molecule has 1 unspecified atom stereocenters. The monoisotopic (exact) mass is 588 g/mol. The van der Waals surface area contributed by atoms with Gasteiger partial charge in [0, 0.05) is 0 Å². The van der Waals surface area contributed by atoms with Crippen LogP contribution in [0.4, 0.5) is 0 Å². The van der Waals surface area contributed by atoms with Crippen LogP contribution < -0.4 is 52.8 Å². The topological polar surface area (TPSA) is 0 Å². The fraction of sp³-hybridized carbons (Fsp3) is 0.290. The van der Waals surface area contributed by atoms with E-state index >= 15 is 0 Å². The van der Waals surface area contributed by atoms with Gasteiger partial charge in [0.15, 0.2) is 0 Å². The largest absolute Gasteiger partial charge is 1.00 e. The minimum atomic E-state index is -2.55. The molecule has 1 atom stereocenters.